The van der Waals surface area contributed by atoms with Crippen molar-refractivity contribution in [3.63, 3.8) is 0 Å². The molecule has 0 saturated heterocycles. The summed E-state index contributed by atoms with van der Waals surface area (Å²) in [5.41, 5.74) is 0.790. The number of benzene rings is 2. The Balaban J connectivity index is 2.27. The summed E-state index contributed by atoms with van der Waals surface area (Å²) in [4.78, 5) is 25.0. The number of anilines is 2. The van der Waals surface area contributed by atoms with Crippen LogP contribution < -0.4 is 19.7 Å². The average Bonchev–Trinajstić information content (AvgIpc) is 2.70. The third-order valence-corrected chi connectivity index (χ3v) is 5.10. The fourth-order valence-electron chi connectivity index (χ4n) is 2.69. The van der Waals surface area contributed by atoms with Crippen LogP contribution in [0, 0.1) is 0 Å². The summed E-state index contributed by atoms with van der Waals surface area (Å²) in [6.07, 6.45) is 2.55. The van der Waals surface area contributed by atoms with Crippen molar-refractivity contribution in [2.75, 3.05) is 35.6 Å². The van der Waals surface area contributed by atoms with Crippen LogP contribution in [0.15, 0.2) is 61.2 Å². The Bertz CT molecular complexity index is 1020. The van der Waals surface area contributed by atoms with Crippen molar-refractivity contribution in [1.82, 2.24) is 5.32 Å². The van der Waals surface area contributed by atoms with Crippen LogP contribution in [-0.4, -0.2) is 46.2 Å². The molecule has 0 saturated carbocycles. The maximum absolute atomic E-state index is 12.7. The van der Waals surface area contributed by atoms with Gasteiger partial charge in [0, 0.05) is 6.54 Å². The maximum Gasteiger partial charge on any atom is 0.253 e. The van der Waals surface area contributed by atoms with Crippen LogP contribution in [0.5, 0.6) is 5.75 Å². The van der Waals surface area contributed by atoms with E-state index in [1.54, 1.807) is 61.5 Å². The number of hydrogen-bond acceptors (Lipinski definition) is 5. The Kier molecular flexibility index (Phi) is 7.99. The lowest BCUT2D eigenvalue weighted by molar-refractivity contribution is -0.114. The lowest BCUT2D eigenvalue weighted by Gasteiger charge is -2.24. The lowest BCUT2D eigenvalue weighted by Crippen LogP contribution is -2.38. The molecule has 0 aliphatic rings. The fraction of sp³-hybridized carbons (Fsp3) is 0.238. The molecule has 0 aromatic heterocycles. The van der Waals surface area contributed by atoms with Crippen molar-refractivity contribution in [1.29, 1.82) is 0 Å². The molecule has 0 spiro atoms. The van der Waals surface area contributed by atoms with E-state index in [4.69, 9.17) is 4.74 Å². The molecule has 0 fully saturated rings. The van der Waals surface area contributed by atoms with Gasteiger partial charge in [0.15, 0.2) is 0 Å². The van der Waals surface area contributed by atoms with Gasteiger partial charge in [-0.2, -0.15) is 0 Å². The molecule has 0 unspecified atom stereocenters. The molecule has 9 heteroatoms. The Morgan fingerprint density at radius 2 is 1.80 bits per heavy atom. The molecule has 2 amide bonds. The first-order chi connectivity index (χ1) is 14.3. The van der Waals surface area contributed by atoms with Crippen molar-refractivity contribution in [2.45, 2.75) is 6.92 Å². The predicted molar refractivity (Wildman–Crippen MR) is 117 cm³/mol. The van der Waals surface area contributed by atoms with E-state index < -0.39 is 22.5 Å². The molecule has 0 heterocycles. The van der Waals surface area contributed by atoms with Crippen LogP contribution >= 0.6 is 0 Å². The highest BCUT2D eigenvalue weighted by atomic mass is 32.2. The minimum atomic E-state index is -3.78. The molecule has 2 aromatic carbocycles. The summed E-state index contributed by atoms with van der Waals surface area (Å²) in [5.74, 6) is -0.634. The number of carbonyl (C=O) groups is 2. The minimum absolute atomic E-state index is 0.258. The third kappa shape index (κ3) is 6.08. The van der Waals surface area contributed by atoms with Crippen LogP contribution in [0.2, 0.25) is 0 Å². The van der Waals surface area contributed by atoms with Gasteiger partial charge in [0.25, 0.3) is 5.91 Å². The minimum Gasteiger partial charge on any atom is -0.492 e. The molecular formula is C21H25N3O5S. The number of para-hydroxylation sites is 3. The van der Waals surface area contributed by atoms with Crippen molar-refractivity contribution >= 4 is 33.2 Å². The molecule has 0 atom stereocenters. The zero-order valence-corrected chi connectivity index (χ0v) is 17.7. The number of rotatable bonds is 10. The zero-order chi connectivity index (χ0) is 22.1. The van der Waals surface area contributed by atoms with Crippen LogP contribution in [-0.2, 0) is 14.8 Å². The van der Waals surface area contributed by atoms with E-state index in [2.05, 4.69) is 17.2 Å². The Labute approximate surface area is 176 Å². The second kappa shape index (κ2) is 10.4. The van der Waals surface area contributed by atoms with E-state index in [0.29, 0.717) is 12.4 Å². The van der Waals surface area contributed by atoms with Gasteiger partial charge in [0.1, 0.15) is 12.3 Å². The van der Waals surface area contributed by atoms with Crippen molar-refractivity contribution < 1.29 is 22.7 Å². The van der Waals surface area contributed by atoms with Gasteiger partial charge in [-0.3, -0.25) is 13.9 Å². The van der Waals surface area contributed by atoms with Gasteiger partial charge in [-0.1, -0.05) is 30.3 Å². The largest absolute Gasteiger partial charge is 0.492 e. The Morgan fingerprint density at radius 1 is 1.13 bits per heavy atom. The van der Waals surface area contributed by atoms with E-state index in [1.807, 2.05) is 0 Å². The van der Waals surface area contributed by atoms with Gasteiger partial charge in [0.05, 0.1) is 29.8 Å². The van der Waals surface area contributed by atoms with Crippen LogP contribution in [0.1, 0.15) is 17.3 Å². The summed E-state index contributed by atoms with van der Waals surface area (Å²) in [7, 11) is -3.78. The summed E-state index contributed by atoms with van der Waals surface area (Å²) in [6.45, 7) is 5.46. The van der Waals surface area contributed by atoms with Gasteiger partial charge >= 0.3 is 0 Å². The normalized spacial score (nSPS) is 10.7. The van der Waals surface area contributed by atoms with Crippen molar-refractivity contribution in [2.24, 2.45) is 0 Å². The second-order valence-electron chi connectivity index (χ2n) is 6.26. The molecule has 2 aromatic rings. The average molecular weight is 432 g/mol. The van der Waals surface area contributed by atoms with E-state index in [0.717, 1.165) is 10.6 Å². The van der Waals surface area contributed by atoms with Gasteiger partial charge in [-0.05, 0) is 31.2 Å². The lowest BCUT2D eigenvalue weighted by atomic mass is 10.1. The topological polar surface area (TPSA) is 105 Å². The van der Waals surface area contributed by atoms with Gasteiger partial charge in [-0.15, -0.1) is 6.58 Å². The number of hydrogen-bond donors (Lipinski definition) is 2. The smallest absolute Gasteiger partial charge is 0.253 e. The first kappa shape index (κ1) is 23.0. The zero-order valence-electron chi connectivity index (χ0n) is 16.9. The SMILES string of the molecule is C=CCNC(=O)c1ccccc1NC(=O)CN(c1ccccc1OCC)S(C)(=O)=O. The summed E-state index contributed by atoms with van der Waals surface area (Å²) in [6, 6.07) is 13.0. The first-order valence-electron chi connectivity index (χ1n) is 9.25. The van der Waals surface area contributed by atoms with Crippen LogP contribution in [0.3, 0.4) is 0 Å². The molecule has 2 rings (SSSR count). The monoisotopic (exact) mass is 431 g/mol. The van der Waals surface area contributed by atoms with E-state index in [9.17, 15) is 18.0 Å². The van der Waals surface area contributed by atoms with Crippen molar-refractivity contribution in [3.05, 3.63) is 66.7 Å². The second-order valence-corrected chi connectivity index (χ2v) is 8.17. The van der Waals surface area contributed by atoms with Gasteiger partial charge < -0.3 is 15.4 Å². The molecule has 0 aliphatic carbocycles. The summed E-state index contributed by atoms with van der Waals surface area (Å²) >= 11 is 0. The van der Waals surface area contributed by atoms with Crippen LogP contribution in [0.25, 0.3) is 0 Å². The number of carbonyl (C=O) groups excluding carboxylic acids is 2. The molecule has 2 N–H and O–H groups in total. The van der Waals surface area contributed by atoms with Crippen LogP contribution in [0.4, 0.5) is 11.4 Å². The highest BCUT2D eigenvalue weighted by Gasteiger charge is 2.24. The third-order valence-electron chi connectivity index (χ3n) is 3.97. The highest BCUT2D eigenvalue weighted by molar-refractivity contribution is 7.92. The predicted octanol–water partition coefficient (Wildman–Crippen LogP) is 2.41. The number of nitrogens with zero attached hydrogens (tertiary/aromatic N) is 1. The summed E-state index contributed by atoms with van der Waals surface area (Å²) < 4.78 is 31.2. The standard InChI is InChI=1S/C21H25N3O5S/c1-4-14-22-21(26)16-10-6-7-11-17(16)23-20(25)15-24(30(3,27)28)18-12-8-9-13-19(18)29-5-2/h4,6-13H,1,5,14-15H2,2-3H3,(H,22,26)(H,23,25). The molecule has 0 bridgehead atoms. The van der Waals surface area contributed by atoms with E-state index in [-0.39, 0.29) is 29.4 Å². The maximum atomic E-state index is 12.7. The highest BCUT2D eigenvalue weighted by Crippen LogP contribution is 2.29. The fourth-order valence-corrected chi connectivity index (χ4v) is 3.55. The summed E-state index contributed by atoms with van der Waals surface area (Å²) in [5, 5.41) is 5.26. The molecule has 30 heavy (non-hydrogen) atoms. The number of sulfonamides is 1. The molecular weight excluding hydrogens is 406 g/mol. The molecule has 0 radical (unpaired) electrons. The van der Waals surface area contributed by atoms with E-state index in [1.165, 1.54) is 0 Å². The molecule has 8 nitrogen and oxygen atoms in total. The van der Waals surface area contributed by atoms with Gasteiger partial charge in [0.2, 0.25) is 15.9 Å². The molecule has 0 aliphatic heterocycles. The van der Waals surface area contributed by atoms with Gasteiger partial charge in [-0.25, -0.2) is 8.42 Å². The molecule has 160 valence electrons. The number of nitrogens with one attached hydrogen (secondary N) is 2. The quantitative estimate of drug-likeness (QED) is 0.562. The Morgan fingerprint density at radius 3 is 2.47 bits per heavy atom. The van der Waals surface area contributed by atoms with Crippen molar-refractivity contribution in [3.8, 4) is 5.75 Å². The first-order valence-corrected chi connectivity index (χ1v) is 11.1. The number of ether oxygens (including phenoxy) is 1. The Hall–Kier alpha value is -3.33. The van der Waals surface area contributed by atoms with E-state index >= 15 is 0 Å². The number of amides is 2.